The lowest BCUT2D eigenvalue weighted by molar-refractivity contribution is 0.0737. The smallest absolute Gasteiger partial charge is 0.258 e. The fourth-order valence-electron chi connectivity index (χ4n) is 3.96. The predicted molar refractivity (Wildman–Crippen MR) is 111 cm³/mol. The Kier molecular flexibility index (Phi) is 5.91. The Hall–Kier alpha value is -2.89. The van der Waals surface area contributed by atoms with Crippen LogP contribution in [-0.4, -0.2) is 43.8 Å². The molecule has 1 aliphatic rings. The van der Waals surface area contributed by atoms with Crippen molar-refractivity contribution >= 4 is 5.91 Å². The molecule has 0 saturated carbocycles. The van der Waals surface area contributed by atoms with E-state index in [2.05, 4.69) is 13.8 Å². The first-order valence-corrected chi connectivity index (χ1v) is 9.76. The van der Waals surface area contributed by atoms with Crippen LogP contribution in [0.15, 0.2) is 24.3 Å². The topological polar surface area (TPSA) is 68.2 Å². The molecule has 29 heavy (non-hydrogen) atoms. The van der Waals surface area contributed by atoms with Crippen LogP contribution < -0.4 is 14.2 Å². The van der Waals surface area contributed by atoms with E-state index in [1.165, 1.54) is 13.2 Å². The van der Waals surface area contributed by atoms with Crippen molar-refractivity contribution in [2.45, 2.75) is 33.2 Å². The third-order valence-corrected chi connectivity index (χ3v) is 5.31. The maximum absolute atomic E-state index is 13.4. The van der Waals surface area contributed by atoms with Gasteiger partial charge in [-0.1, -0.05) is 13.8 Å². The highest BCUT2D eigenvalue weighted by Crippen LogP contribution is 2.48. The molecule has 0 aliphatic carbocycles. The second kappa shape index (κ2) is 8.23. The minimum Gasteiger partial charge on any atom is -0.508 e. The molecule has 1 N–H and O–H groups in total. The van der Waals surface area contributed by atoms with Crippen molar-refractivity contribution in [2.75, 3.05) is 27.9 Å². The van der Waals surface area contributed by atoms with Crippen molar-refractivity contribution < 1.29 is 24.1 Å². The lowest BCUT2D eigenvalue weighted by Gasteiger charge is -2.28. The molecule has 156 valence electrons. The number of carbonyl (C=O) groups excluding carboxylic acids is 1. The molecule has 6 nitrogen and oxygen atoms in total. The average Bonchev–Trinajstić information content (AvgIpc) is 2.96. The molecule has 6 heteroatoms. The highest BCUT2D eigenvalue weighted by atomic mass is 16.5. The summed E-state index contributed by atoms with van der Waals surface area (Å²) in [4.78, 5) is 15.3. The quantitative estimate of drug-likeness (QED) is 0.751. The molecular weight excluding hydrogens is 370 g/mol. The summed E-state index contributed by atoms with van der Waals surface area (Å²) in [6.45, 7) is 6.82. The van der Waals surface area contributed by atoms with Gasteiger partial charge in [-0.05, 0) is 48.6 Å². The molecule has 0 radical (unpaired) electrons. The maximum atomic E-state index is 13.4. The number of amides is 1. The van der Waals surface area contributed by atoms with Crippen molar-refractivity contribution in [2.24, 2.45) is 5.92 Å². The van der Waals surface area contributed by atoms with Crippen LogP contribution in [0.4, 0.5) is 0 Å². The number of benzene rings is 2. The molecule has 1 amide bonds. The summed E-state index contributed by atoms with van der Waals surface area (Å²) in [5, 5.41) is 10.3. The van der Waals surface area contributed by atoms with Crippen molar-refractivity contribution in [1.29, 1.82) is 0 Å². The summed E-state index contributed by atoms with van der Waals surface area (Å²) in [5.41, 5.74) is 3.02. The number of methoxy groups -OCH3 is 3. The number of fused-ring (bicyclic) bond motifs is 1. The highest BCUT2D eigenvalue weighted by molar-refractivity contribution is 6.02. The van der Waals surface area contributed by atoms with Crippen molar-refractivity contribution in [3.63, 3.8) is 0 Å². The Morgan fingerprint density at radius 2 is 1.69 bits per heavy atom. The van der Waals surface area contributed by atoms with Gasteiger partial charge >= 0.3 is 0 Å². The summed E-state index contributed by atoms with van der Waals surface area (Å²) in [7, 11) is 4.69. The molecule has 1 atom stereocenters. The van der Waals surface area contributed by atoms with E-state index in [1.54, 1.807) is 20.3 Å². The van der Waals surface area contributed by atoms with Gasteiger partial charge in [0.15, 0.2) is 11.5 Å². The minimum absolute atomic E-state index is 0.0581. The Balaban J connectivity index is 2.26. The zero-order valence-corrected chi connectivity index (χ0v) is 17.9. The fourth-order valence-corrected chi connectivity index (χ4v) is 3.96. The first-order valence-electron chi connectivity index (χ1n) is 9.76. The second-order valence-corrected chi connectivity index (χ2v) is 7.79. The molecule has 1 unspecified atom stereocenters. The third kappa shape index (κ3) is 3.71. The molecule has 2 aromatic carbocycles. The van der Waals surface area contributed by atoms with Gasteiger partial charge in [-0.3, -0.25) is 4.79 Å². The van der Waals surface area contributed by atoms with Gasteiger partial charge in [0.1, 0.15) is 11.5 Å². The van der Waals surface area contributed by atoms with Crippen LogP contribution in [0, 0.1) is 12.8 Å². The van der Waals surface area contributed by atoms with E-state index in [4.69, 9.17) is 14.2 Å². The largest absolute Gasteiger partial charge is 0.508 e. The minimum atomic E-state index is -0.402. The Labute approximate surface area is 172 Å². The number of hydrogen-bond donors (Lipinski definition) is 1. The average molecular weight is 399 g/mol. The summed E-state index contributed by atoms with van der Waals surface area (Å²) in [6.07, 6.45) is 0.857. The van der Waals surface area contributed by atoms with Crippen molar-refractivity contribution in [1.82, 2.24) is 4.90 Å². The van der Waals surface area contributed by atoms with E-state index in [0.29, 0.717) is 40.8 Å². The Morgan fingerprint density at radius 1 is 1.00 bits per heavy atom. The van der Waals surface area contributed by atoms with E-state index in [1.807, 2.05) is 24.0 Å². The van der Waals surface area contributed by atoms with E-state index >= 15 is 0 Å². The summed E-state index contributed by atoms with van der Waals surface area (Å²) in [5.74, 6) is 1.96. The van der Waals surface area contributed by atoms with Gasteiger partial charge in [-0.2, -0.15) is 0 Å². The van der Waals surface area contributed by atoms with E-state index in [-0.39, 0.29) is 11.7 Å². The van der Waals surface area contributed by atoms with Gasteiger partial charge in [0.25, 0.3) is 5.91 Å². The number of carbonyl (C=O) groups is 1. The fraction of sp³-hybridized carbons (Fsp3) is 0.435. The Morgan fingerprint density at radius 3 is 2.28 bits per heavy atom. The highest BCUT2D eigenvalue weighted by Gasteiger charge is 2.42. The van der Waals surface area contributed by atoms with E-state index in [0.717, 1.165) is 17.5 Å². The molecule has 3 rings (SSSR count). The van der Waals surface area contributed by atoms with E-state index in [9.17, 15) is 9.90 Å². The predicted octanol–water partition coefficient (Wildman–Crippen LogP) is 4.32. The molecule has 2 aromatic rings. The first kappa shape index (κ1) is 20.8. The lowest BCUT2D eigenvalue weighted by atomic mass is 9.94. The summed E-state index contributed by atoms with van der Waals surface area (Å²) < 4.78 is 16.6. The van der Waals surface area contributed by atoms with Crippen LogP contribution >= 0.6 is 0 Å². The van der Waals surface area contributed by atoms with Crippen LogP contribution in [0.25, 0.3) is 0 Å². The maximum Gasteiger partial charge on any atom is 0.258 e. The zero-order valence-electron chi connectivity index (χ0n) is 17.9. The zero-order chi connectivity index (χ0) is 21.3. The summed E-state index contributed by atoms with van der Waals surface area (Å²) >= 11 is 0. The molecule has 0 bridgehead atoms. The van der Waals surface area contributed by atoms with Gasteiger partial charge in [-0.25, -0.2) is 0 Å². The van der Waals surface area contributed by atoms with Gasteiger partial charge in [-0.15, -0.1) is 0 Å². The molecule has 0 spiro atoms. The SMILES string of the molecule is COc1cc(C)cc(C2c3cc(O)cc(OC)c3C(=O)N2CCC(C)C)c1OC. The van der Waals surface area contributed by atoms with Gasteiger partial charge in [0.2, 0.25) is 0 Å². The lowest BCUT2D eigenvalue weighted by Crippen LogP contribution is -2.31. The van der Waals surface area contributed by atoms with Crippen LogP contribution in [0.1, 0.15) is 53.4 Å². The van der Waals surface area contributed by atoms with Crippen LogP contribution in [-0.2, 0) is 0 Å². The molecule has 1 heterocycles. The number of hydrogen-bond acceptors (Lipinski definition) is 5. The van der Waals surface area contributed by atoms with Crippen LogP contribution in [0.3, 0.4) is 0 Å². The number of aryl methyl sites for hydroxylation is 1. The number of nitrogens with zero attached hydrogens (tertiary/aromatic N) is 1. The van der Waals surface area contributed by atoms with E-state index < -0.39 is 6.04 Å². The third-order valence-electron chi connectivity index (χ3n) is 5.31. The van der Waals surface area contributed by atoms with Crippen molar-refractivity contribution in [3.05, 3.63) is 46.5 Å². The number of phenolic OH excluding ortho intramolecular Hbond substituents is 1. The Bertz CT molecular complexity index is 922. The van der Waals surface area contributed by atoms with Gasteiger partial charge < -0.3 is 24.2 Å². The van der Waals surface area contributed by atoms with Gasteiger partial charge in [0.05, 0.1) is 32.9 Å². The second-order valence-electron chi connectivity index (χ2n) is 7.79. The number of rotatable bonds is 7. The number of phenols is 1. The molecular formula is C23H29NO5. The van der Waals surface area contributed by atoms with Crippen molar-refractivity contribution in [3.8, 4) is 23.0 Å². The monoisotopic (exact) mass is 399 g/mol. The van der Waals surface area contributed by atoms with Crippen LogP contribution in [0.2, 0.25) is 0 Å². The standard InChI is InChI=1S/C23H29NO5/c1-13(2)7-8-24-21(17-9-14(3)10-19(28-5)22(17)29-6)16-11-15(25)12-18(27-4)20(16)23(24)26/h9-13,21,25H,7-8H2,1-6H3. The number of ether oxygens (including phenoxy) is 3. The molecule has 0 fully saturated rings. The first-order chi connectivity index (χ1) is 13.8. The molecule has 0 aromatic heterocycles. The van der Waals surface area contributed by atoms with Crippen LogP contribution in [0.5, 0.6) is 23.0 Å². The molecule has 0 saturated heterocycles. The van der Waals surface area contributed by atoms with Gasteiger partial charge in [0, 0.05) is 18.2 Å². The normalized spacial score (nSPS) is 15.6. The molecule has 1 aliphatic heterocycles. The number of aromatic hydroxyl groups is 1. The summed E-state index contributed by atoms with van der Waals surface area (Å²) in [6, 6.07) is 6.63.